The molecule has 7 heteroatoms. The summed E-state index contributed by atoms with van der Waals surface area (Å²) in [7, 11) is 0. The number of carbonyl (C=O) groups excluding carboxylic acids is 1. The van der Waals surface area contributed by atoms with E-state index in [2.05, 4.69) is 11.0 Å². The van der Waals surface area contributed by atoms with E-state index < -0.39 is 0 Å². The minimum Gasteiger partial charge on any atom is -0.490 e. The summed E-state index contributed by atoms with van der Waals surface area (Å²) in [5.74, 6) is 2.34. The van der Waals surface area contributed by atoms with E-state index in [9.17, 15) is 4.79 Å². The summed E-state index contributed by atoms with van der Waals surface area (Å²) in [6, 6.07) is 2.77. The van der Waals surface area contributed by atoms with Crippen LogP contribution in [-0.4, -0.2) is 72.2 Å². The lowest BCUT2D eigenvalue weighted by molar-refractivity contribution is -0.130. The molecule has 2 aliphatic carbocycles. The summed E-state index contributed by atoms with van der Waals surface area (Å²) in [6.45, 7) is 7.37. The van der Waals surface area contributed by atoms with Gasteiger partial charge >= 0.3 is 0 Å². The molecular weight excluding hydrogens is 422 g/mol. The van der Waals surface area contributed by atoms with Gasteiger partial charge in [0.25, 0.3) is 0 Å². The van der Waals surface area contributed by atoms with Crippen LogP contribution in [0, 0.1) is 5.92 Å². The van der Waals surface area contributed by atoms with Gasteiger partial charge in [0.05, 0.1) is 24.7 Å². The smallest absolute Gasteiger partial charge is 0.219 e. The van der Waals surface area contributed by atoms with E-state index in [1.165, 1.54) is 28.7 Å². The molecule has 0 radical (unpaired) electrons. The second-order valence-corrected chi connectivity index (χ2v) is 11.0. The highest BCUT2D eigenvalue weighted by Crippen LogP contribution is 2.52. The van der Waals surface area contributed by atoms with Crippen molar-refractivity contribution in [3.05, 3.63) is 22.7 Å². The van der Waals surface area contributed by atoms with Gasteiger partial charge in [-0.2, -0.15) is 0 Å². The van der Waals surface area contributed by atoms with Crippen molar-refractivity contribution in [1.29, 1.82) is 0 Å². The van der Waals surface area contributed by atoms with E-state index in [0.29, 0.717) is 24.0 Å². The van der Waals surface area contributed by atoms with Gasteiger partial charge in [-0.05, 0) is 62.0 Å². The minimum atomic E-state index is 0.210. The summed E-state index contributed by atoms with van der Waals surface area (Å²) in [5.41, 5.74) is 1.49. The fourth-order valence-corrected chi connectivity index (χ4v) is 7.82. The lowest BCUT2D eigenvalue weighted by Gasteiger charge is -2.38. The first-order valence-corrected chi connectivity index (χ1v) is 13.1. The molecule has 3 fully saturated rings. The van der Waals surface area contributed by atoms with Crippen LogP contribution in [0.4, 0.5) is 0 Å². The van der Waals surface area contributed by atoms with Crippen molar-refractivity contribution in [3.63, 3.8) is 0 Å². The van der Waals surface area contributed by atoms with Crippen LogP contribution < -0.4 is 4.74 Å². The van der Waals surface area contributed by atoms with Crippen LogP contribution in [0.5, 0.6) is 5.75 Å². The zero-order valence-electron chi connectivity index (χ0n) is 18.9. The average Bonchev–Trinajstić information content (AvgIpc) is 3.35. The Morgan fingerprint density at radius 2 is 1.97 bits per heavy atom. The van der Waals surface area contributed by atoms with Crippen molar-refractivity contribution in [2.75, 3.05) is 39.4 Å². The van der Waals surface area contributed by atoms with Crippen molar-refractivity contribution in [3.8, 4) is 5.75 Å². The number of nitrogens with zero attached hydrogens (tertiary/aromatic N) is 3. The van der Waals surface area contributed by atoms with Crippen LogP contribution in [0.2, 0.25) is 0 Å². The maximum Gasteiger partial charge on any atom is 0.219 e. The topological polar surface area (TPSA) is 54.9 Å². The SMILES string of the molecule is CC(=O)N1CC[C@@H]2c3c(sc4nccc(O[C@H]5CC[C@H](N6CCOCC6)CC5)c34)C[C@@H]2C1. The predicted octanol–water partition coefficient (Wildman–Crippen LogP) is 3.83. The number of pyridine rings is 1. The number of rotatable bonds is 3. The second-order valence-electron chi connectivity index (χ2n) is 9.95. The van der Waals surface area contributed by atoms with Crippen LogP contribution in [-0.2, 0) is 16.0 Å². The van der Waals surface area contributed by atoms with Crippen LogP contribution in [0.3, 0.4) is 0 Å². The molecule has 172 valence electrons. The monoisotopic (exact) mass is 455 g/mol. The van der Waals surface area contributed by atoms with Crippen LogP contribution in [0.15, 0.2) is 12.3 Å². The molecule has 0 unspecified atom stereocenters. The number of hydrogen-bond donors (Lipinski definition) is 0. The third-order valence-electron chi connectivity index (χ3n) is 8.16. The molecule has 2 aromatic rings. The third kappa shape index (κ3) is 3.72. The molecule has 0 N–H and O–H groups in total. The van der Waals surface area contributed by atoms with Crippen molar-refractivity contribution >= 4 is 27.5 Å². The lowest BCUT2D eigenvalue weighted by atomic mass is 9.85. The summed E-state index contributed by atoms with van der Waals surface area (Å²) in [4.78, 5) is 23.9. The number of thiophene rings is 1. The Kier molecular flexibility index (Phi) is 5.60. The lowest BCUT2D eigenvalue weighted by Crippen LogP contribution is -2.46. The van der Waals surface area contributed by atoms with Crippen molar-refractivity contribution in [1.82, 2.24) is 14.8 Å². The minimum absolute atomic E-state index is 0.210. The fourth-order valence-electron chi connectivity index (χ4n) is 6.50. The summed E-state index contributed by atoms with van der Waals surface area (Å²) in [5, 5.41) is 1.27. The average molecular weight is 456 g/mol. The summed E-state index contributed by atoms with van der Waals surface area (Å²) in [6.07, 6.45) is 9.02. The van der Waals surface area contributed by atoms with Gasteiger partial charge in [-0.25, -0.2) is 4.98 Å². The first-order valence-electron chi connectivity index (χ1n) is 12.3. The Hall–Kier alpha value is -1.70. The zero-order valence-corrected chi connectivity index (χ0v) is 19.7. The number of aromatic nitrogens is 1. The van der Waals surface area contributed by atoms with E-state index in [0.717, 1.165) is 75.7 Å². The molecule has 4 aliphatic rings. The first-order chi connectivity index (χ1) is 15.7. The van der Waals surface area contributed by atoms with Crippen molar-refractivity contribution in [2.24, 2.45) is 5.92 Å². The van der Waals surface area contributed by atoms with Crippen molar-refractivity contribution in [2.45, 2.75) is 63.5 Å². The molecule has 0 spiro atoms. The van der Waals surface area contributed by atoms with Crippen molar-refractivity contribution < 1.29 is 14.3 Å². The molecule has 0 aromatic carbocycles. The van der Waals surface area contributed by atoms with E-state index in [1.54, 1.807) is 6.92 Å². The number of morpholine rings is 1. The highest BCUT2D eigenvalue weighted by atomic mass is 32.1. The largest absolute Gasteiger partial charge is 0.490 e. The fraction of sp³-hybridized carbons (Fsp3) is 0.680. The van der Waals surface area contributed by atoms with E-state index >= 15 is 0 Å². The molecule has 1 saturated carbocycles. The number of carbonyl (C=O) groups is 1. The summed E-state index contributed by atoms with van der Waals surface area (Å²) >= 11 is 1.84. The first kappa shape index (κ1) is 20.9. The number of piperidine rings is 1. The molecule has 6 rings (SSSR count). The van der Waals surface area contributed by atoms with Crippen LogP contribution >= 0.6 is 11.3 Å². The number of amides is 1. The van der Waals surface area contributed by atoms with Gasteiger partial charge in [0.2, 0.25) is 5.91 Å². The van der Waals surface area contributed by atoms with Gasteiger partial charge in [0, 0.05) is 50.2 Å². The van der Waals surface area contributed by atoms with Gasteiger partial charge in [-0.1, -0.05) is 0 Å². The zero-order chi connectivity index (χ0) is 21.7. The molecule has 2 saturated heterocycles. The van der Waals surface area contributed by atoms with Crippen LogP contribution in [0.25, 0.3) is 10.2 Å². The molecule has 4 heterocycles. The Bertz CT molecular complexity index is 994. The van der Waals surface area contributed by atoms with Gasteiger partial charge in [-0.3, -0.25) is 9.69 Å². The number of ether oxygens (including phenoxy) is 2. The Labute approximate surface area is 193 Å². The normalized spacial score (nSPS) is 30.8. The quantitative estimate of drug-likeness (QED) is 0.704. The Balaban J connectivity index is 1.19. The van der Waals surface area contributed by atoms with E-state index in [-0.39, 0.29) is 5.91 Å². The molecule has 2 atom stereocenters. The number of likely N-dealkylation sites (tertiary alicyclic amines) is 1. The molecule has 6 nitrogen and oxygen atoms in total. The highest BCUT2D eigenvalue weighted by Gasteiger charge is 2.41. The maximum atomic E-state index is 11.9. The Morgan fingerprint density at radius 1 is 1.16 bits per heavy atom. The van der Waals surface area contributed by atoms with E-state index in [4.69, 9.17) is 14.5 Å². The molecular formula is C25H33N3O3S. The van der Waals surface area contributed by atoms with Gasteiger partial charge < -0.3 is 14.4 Å². The molecule has 2 aliphatic heterocycles. The maximum absolute atomic E-state index is 11.9. The standard InChI is InChI=1S/C25H33N3O3S/c1-16(29)28-9-7-20-17(15-28)14-22-23(20)24-21(6-8-26-25(24)32-22)31-19-4-2-18(3-5-19)27-10-12-30-13-11-27/h6,8,17-20H,2-5,7,9-15H2,1H3/t17-,18-,19-,20+/m1/s1. The van der Waals surface area contributed by atoms with Gasteiger partial charge in [0.1, 0.15) is 10.6 Å². The molecule has 1 amide bonds. The van der Waals surface area contributed by atoms with Gasteiger partial charge in [0.15, 0.2) is 0 Å². The second kappa shape index (κ2) is 8.58. The Morgan fingerprint density at radius 3 is 2.75 bits per heavy atom. The van der Waals surface area contributed by atoms with Crippen LogP contribution in [0.1, 0.15) is 55.4 Å². The number of fused-ring (bicyclic) bond motifs is 5. The third-order valence-corrected chi connectivity index (χ3v) is 9.30. The number of hydrogen-bond acceptors (Lipinski definition) is 6. The summed E-state index contributed by atoms with van der Waals surface area (Å²) < 4.78 is 12.2. The predicted molar refractivity (Wildman–Crippen MR) is 125 cm³/mol. The highest BCUT2D eigenvalue weighted by molar-refractivity contribution is 7.19. The van der Waals surface area contributed by atoms with E-state index in [1.807, 2.05) is 22.4 Å². The molecule has 32 heavy (non-hydrogen) atoms. The van der Waals surface area contributed by atoms with Gasteiger partial charge in [-0.15, -0.1) is 11.3 Å². The molecule has 0 bridgehead atoms. The molecule has 2 aromatic heterocycles.